The minimum absolute atomic E-state index is 0.275. The Hall–Kier alpha value is -2.20. The SMILES string of the molecule is COc1cc2c(cc1N)OC(C)(C)[C@@](O)(CCc1ccccc1)[C]2C(C)(C)C. The summed E-state index contributed by atoms with van der Waals surface area (Å²) in [5.41, 5.74) is 6.49. The first-order valence-corrected chi connectivity index (χ1v) is 9.81. The molecule has 3 rings (SSSR count). The number of aryl methyl sites for hydroxylation is 1. The van der Waals surface area contributed by atoms with Gasteiger partial charge in [-0.15, -0.1) is 0 Å². The lowest BCUT2D eigenvalue weighted by Gasteiger charge is -2.55. The maximum Gasteiger partial charge on any atom is 0.142 e. The smallest absolute Gasteiger partial charge is 0.142 e. The van der Waals surface area contributed by atoms with Crippen LogP contribution in [0.15, 0.2) is 42.5 Å². The third-order valence-electron chi connectivity index (χ3n) is 5.74. The highest BCUT2D eigenvalue weighted by Crippen LogP contribution is 2.56. The quantitative estimate of drug-likeness (QED) is 0.747. The van der Waals surface area contributed by atoms with E-state index in [0.29, 0.717) is 23.6 Å². The van der Waals surface area contributed by atoms with Crippen LogP contribution in [0.25, 0.3) is 0 Å². The Kier molecular flexibility index (Phi) is 5.13. The molecule has 1 heterocycles. The number of benzene rings is 2. The van der Waals surface area contributed by atoms with Crippen molar-refractivity contribution in [2.45, 2.75) is 58.7 Å². The largest absolute Gasteiger partial charge is 0.495 e. The van der Waals surface area contributed by atoms with Crippen molar-refractivity contribution in [3.8, 4) is 11.5 Å². The van der Waals surface area contributed by atoms with Crippen molar-refractivity contribution in [3.63, 3.8) is 0 Å². The summed E-state index contributed by atoms with van der Waals surface area (Å²) < 4.78 is 11.8. The number of methoxy groups -OCH3 is 1. The van der Waals surface area contributed by atoms with E-state index in [1.807, 2.05) is 38.1 Å². The van der Waals surface area contributed by atoms with Gasteiger partial charge in [0.15, 0.2) is 0 Å². The Labute approximate surface area is 168 Å². The van der Waals surface area contributed by atoms with Crippen molar-refractivity contribution in [2.24, 2.45) is 5.41 Å². The fourth-order valence-electron chi connectivity index (χ4n) is 4.34. The van der Waals surface area contributed by atoms with Crippen LogP contribution in [0.1, 0.15) is 52.2 Å². The number of nitrogens with two attached hydrogens (primary N) is 1. The summed E-state index contributed by atoms with van der Waals surface area (Å²) >= 11 is 0. The number of fused-ring (bicyclic) bond motifs is 1. The number of nitrogen functional groups attached to an aromatic ring is 1. The third-order valence-corrected chi connectivity index (χ3v) is 5.74. The average Bonchev–Trinajstić information content (AvgIpc) is 2.60. The normalized spacial score (nSPS) is 21.7. The lowest BCUT2D eigenvalue weighted by atomic mass is 9.59. The van der Waals surface area contributed by atoms with Gasteiger partial charge in [0.25, 0.3) is 0 Å². The second-order valence-electron chi connectivity index (χ2n) is 9.17. The van der Waals surface area contributed by atoms with E-state index in [1.165, 1.54) is 5.56 Å². The Morgan fingerprint density at radius 3 is 2.32 bits per heavy atom. The Morgan fingerprint density at radius 2 is 1.75 bits per heavy atom. The zero-order valence-electron chi connectivity index (χ0n) is 17.8. The molecule has 0 amide bonds. The van der Waals surface area contributed by atoms with Gasteiger partial charge in [0.2, 0.25) is 0 Å². The van der Waals surface area contributed by atoms with Crippen LogP contribution in [0.5, 0.6) is 11.5 Å². The summed E-state index contributed by atoms with van der Waals surface area (Å²) in [6.07, 6.45) is 1.31. The van der Waals surface area contributed by atoms with Crippen molar-refractivity contribution in [1.82, 2.24) is 0 Å². The summed E-state index contributed by atoms with van der Waals surface area (Å²) in [7, 11) is 1.60. The molecule has 151 valence electrons. The lowest BCUT2D eigenvalue weighted by Crippen LogP contribution is -2.63. The molecule has 4 heteroatoms. The second-order valence-corrected chi connectivity index (χ2v) is 9.17. The molecule has 4 nitrogen and oxygen atoms in total. The zero-order chi connectivity index (χ0) is 20.7. The summed E-state index contributed by atoms with van der Waals surface area (Å²) in [6, 6.07) is 13.9. The first kappa shape index (κ1) is 20.5. The van der Waals surface area contributed by atoms with Gasteiger partial charge in [-0.2, -0.15) is 0 Å². The third kappa shape index (κ3) is 3.46. The highest BCUT2D eigenvalue weighted by Gasteiger charge is 2.59. The molecular weight excluding hydrogens is 350 g/mol. The first-order valence-electron chi connectivity index (χ1n) is 9.81. The number of ether oxygens (including phenoxy) is 2. The molecule has 1 aliphatic heterocycles. The lowest BCUT2D eigenvalue weighted by molar-refractivity contribution is -0.129. The standard InChI is InChI=1S/C24H32NO3/c1-22(2,3)21-17-14-20(27-6)18(25)15-19(17)28-23(4,5)24(21,26)13-12-16-10-8-7-9-11-16/h7-11,14-15,26H,12-13,25H2,1-6H3/t24-/m1/s1. The molecule has 28 heavy (non-hydrogen) atoms. The van der Waals surface area contributed by atoms with Gasteiger partial charge in [0, 0.05) is 17.5 Å². The van der Waals surface area contributed by atoms with Gasteiger partial charge in [0.05, 0.1) is 12.8 Å². The van der Waals surface area contributed by atoms with Crippen LogP contribution in [-0.2, 0) is 6.42 Å². The van der Waals surface area contributed by atoms with Crippen LogP contribution in [0, 0.1) is 11.3 Å². The average molecular weight is 383 g/mol. The minimum Gasteiger partial charge on any atom is -0.495 e. The molecule has 0 spiro atoms. The molecular formula is C24H32NO3. The van der Waals surface area contributed by atoms with Crippen molar-refractivity contribution < 1.29 is 14.6 Å². The first-order chi connectivity index (χ1) is 13.0. The molecule has 0 saturated heterocycles. The molecule has 2 aromatic rings. The minimum atomic E-state index is -1.14. The Morgan fingerprint density at radius 1 is 1.11 bits per heavy atom. The van der Waals surface area contributed by atoms with Gasteiger partial charge in [-0.25, -0.2) is 0 Å². The van der Waals surface area contributed by atoms with Crippen LogP contribution in [0.4, 0.5) is 5.69 Å². The van der Waals surface area contributed by atoms with Crippen LogP contribution < -0.4 is 15.2 Å². The molecule has 2 aromatic carbocycles. The Bertz CT molecular complexity index is 839. The van der Waals surface area contributed by atoms with Gasteiger partial charge < -0.3 is 20.3 Å². The van der Waals surface area contributed by atoms with Crippen LogP contribution in [-0.4, -0.2) is 23.4 Å². The maximum atomic E-state index is 12.1. The number of aliphatic hydroxyl groups is 1. The van der Waals surface area contributed by atoms with Crippen molar-refractivity contribution in [1.29, 1.82) is 0 Å². The predicted octanol–water partition coefficient (Wildman–Crippen LogP) is 4.78. The van der Waals surface area contributed by atoms with E-state index >= 15 is 0 Å². The van der Waals surface area contributed by atoms with E-state index in [1.54, 1.807) is 13.2 Å². The molecule has 1 aliphatic rings. The van der Waals surface area contributed by atoms with Crippen molar-refractivity contribution in [3.05, 3.63) is 59.5 Å². The van der Waals surface area contributed by atoms with Gasteiger partial charge in [-0.3, -0.25) is 0 Å². The molecule has 0 bridgehead atoms. The molecule has 0 aromatic heterocycles. The van der Waals surface area contributed by atoms with Crippen LogP contribution in [0.3, 0.4) is 0 Å². The highest BCUT2D eigenvalue weighted by atomic mass is 16.5. The Balaban J connectivity index is 2.11. The second kappa shape index (κ2) is 7.00. The van der Waals surface area contributed by atoms with E-state index in [-0.39, 0.29) is 5.41 Å². The van der Waals surface area contributed by atoms with Gasteiger partial charge in [-0.1, -0.05) is 51.1 Å². The van der Waals surface area contributed by atoms with Gasteiger partial charge >= 0.3 is 0 Å². The molecule has 1 radical (unpaired) electrons. The molecule has 0 saturated carbocycles. The van der Waals surface area contributed by atoms with Crippen LogP contribution >= 0.6 is 0 Å². The monoisotopic (exact) mass is 382 g/mol. The number of hydrogen-bond donors (Lipinski definition) is 2. The van der Waals surface area contributed by atoms with E-state index in [4.69, 9.17) is 15.2 Å². The number of hydrogen-bond acceptors (Lipinski definition) is 4. The molecule has 1 atom stereocenters. The molecule has 0 aliphatic carbocycles. The van der Waals surface area contributed by atoms with E-state index in [9.17, 15) is 5.11 Å². The van der Waals surface area contributed by atoms with E-state index in [0.717, 1.165) is 17.9 Å². The summed E-state index contributed by atoms with van der Waals surface area (Å²) in [5.74, 6) is 2.24. The summed E-state index contributed by atoms with van der Waals surface area (Å²) in [6.45, 7) is 10.3. The van der Waals surface area contributed by atoms with Gasteiger partial charge in [0.1, 0.15) is 22.7 Å². The fraction of sp³-hybridized carbons (Fsp3) is 0.458. The molecule has 3 N–H and O–H groups in total. The summed E-state index contributed by atoms with van der Waals surface area (Å²) in [4.78, 5) is 0. The highest BCUT2D eigenvalue weighted by molar-refractivity contribution is 5.65. The van der Waals surface area contributed by atoms with Crippen molar-refractivity contribution >= 4 is 5.69 Å². The number of rotatable bonds is 4. The number of anilines is 1. The zero-order valence-corrected chi connectivity index (χ0v) is 17.8. The van der Waals surface area contributed by atoms with Gasteiger partial charge in [-0.05, 0) is 43.7 Å². The topological polar surface area (TPSA) is 64.7 Å². The molecule has 0 fully saturated rings. The fourth-order valence-corrected chi connectivity index (χ4v) is 4.34. The van der Waals surface area contributed by atoms with Crippen LogP contribution in [0.2, 0.25) is 0 Å². The van der Waals surface area contributed by atoms with E-state index < -0.39 is 11.2 Å². The maximum absolute atomic E-state index is 12.1. The predicted molar refractivity (Wildman–Crippen MR) is 114 cm³/mol. The molecule has 0 unspecified atom stereocenters. The van der Waals surface area contributed by atoms with E-state index in [2.05, 4.69) is 32.9 Å². The summed E-state index contributed by atoms with van der Waals surface area (Å²) in [5, 5.41) is 12.1. The van der Waals surface area contributed by atoms with Crippen molar-refractivity contribution in [2.75, 3.05) is 12.8 Å².